The highest BCUT2D eigenvalue weighted by Crippen LogP contribution is 2.45. The van der Waals surface area contributed by atoms with Gasteiger partial charge < -0.3 is 10.4 Å². The predicted molar refractivity (Wildman–Crippen MR) is 72.9 cm³/mol. The average molecular weight is 271 g/mol. The molecule has 1 aliphatic carbocycles. The number of phenols is 1. The van der Waals surface area contributed by atoms with E-state index in [0.29, 0.717) is 5.56 Å². The van der Waals surface area contributed by atoms with Crippen molar-refractivity contribution in [3.8, 4) is 5.75 Å². The van der Waals surface area contributed by atoms with Crippen molar-refractivity contribution < 1.29 is 14.3 Å². The second-order valence-electron chi connectivity index (χ2n) is 5.09. The minimum Gasteiger partial charge on any atom is -0.508 e. The van der Waals surface area contributed by atoms with Crippen molar-refractivity contribution in [2.24, 2.45) is 0 Å². The summed E-state index contributed by atoms with van der Waals surface area (Å²) in [6, 6.07) is 12.4. The van der Waals surface area contributed by atoms with Gasteiger partial charge in [-0.3, -0.25) is 4.79 Å². The number of benzene rings is 2. The first-order chi connectivity index (χ1) is 9.59. The lowest BCUT2D eigenvalue weighted by Crippen LogP contribution is -2.34. The fraction of sp³-hybridized carbons (Fsp3) is 0.188. The molecule has 2 aromatic rings. The summed E-state index contributed by atoms with van der Waals surface area (Å²) < 4.78 is 13.3. The lowest BCUT2D eigenvalue weighted by atomic mass is 10.0. The summed E-state index contributed by atoms with van der Waals surface area (Å²) in [4.78, 5) is 12.2. The van der Waals surface area contributed by atoms with Gasteiger partial charge in [0.15, 0.2) is 0 Å². The van der Waals surface area contributed by atoms with Gasteiger partial charge in [-0.15, -0.1) is 0 Å². The zero-order valence-corrected chi connectivity index (χ0v) is 10.8. The molecule has 0 spiro atoms. The first kappa shape index (κ1) is 12.7. The zero-order chi connectivity index (χ0) is 14.2. The van der Waals surface area contributed by atoms with Crippen LogP contribution in [0.25, 0.3) is 0 Å². The van der Waals surface area contributed by atoms with E-state index >= 15 is 0 Å². The van der Waals surface area contributed by atoms with Crippen LogP contribution in [-0.2, 0) is 5.54 Å². The third-order valence-electron chi connectivity index (χ3n) is 3.61. The molecule has 0 aliphatic heterocycles. The standard InChI is InChI=1S/C16H14FNO2/c17-13-3-1-2-12(10-13)16(8-9-16)18-15(20)11-4-6-14(19)7-5-11/h1-7,10,19H,8-9H2,(H,18,20). The van der Waals surface area contributed by atoms with Gasteiger partial charge in [0, 0.05) is 5.56 Å². The second kappa shape index (κ2) is 4.63. The van der Waals surface area contributed by atoms with Gasteiger partial charge in [0.05, 0.1) is 5.54 Å². The Morgan fingerprint density at radius 3 is 2.45 bits per heavy atom. The van der Waals surface area contributed by atoms with E-state index in [1.807, 2.05) is 6.07 Å². The van der Waals surface area contributed by atoms with Crippen LogP contribution in [0.1, 0.15) is 28.8 Å². The van der Waals surface area contributed by atoms with Crippen LogP contribution in [0.5, 0.6) is 5.75 Å². The number of phenolic OH excluding ortho intramolecular Hbond substituents is 1. The minimum absolute atomic E-state index is 0.118. The maximum absolute atomic E-state index is 13.3. The number of aromatic hydroxyl groups is 1. The Bertz CT molecular complexity index is 648. The van der Waals surface area contributed by atoms with Gasteiger partial charge in [-0.05, 0) is 54.8 Å². The zero-order valence-electron chi connectivity index (χ0n) is 10.8. The Morgan fingerprint density at radius 1 is 1.15 bits per heavy atom. The molecule has 20 heavy (non-hydrogen) atoms. The molecule has 0 saturated heterocycles. The number of carbonyl (C=O) groups excluding carboxylic acids is 1. The maximum Gasteiger partial charge on any atom is 0.251 e. The minimum atomic E-state index is -0.447. The number of carbonyl (C=O) groups is 1. The Balaban J connectivity index is 1.80. The fourth-order valence-electron chi connectivity index (χ4n) is 2.30. The second-order valence-corrected chi connectivity index (χ2v) is 5.09. The van der Waals surface area contributed by atoms with Crippen molar-refractivity contribution >= 4 is 5.91 Å². The van der Waals surface area contributed by atoms with Crippen molar-refractivity contribution in [1.29, 1.82) is 0 Å². The molecule has 2 N–H and O–H groups in total. The number of hydrogen-bond acceptors (Lipinski definition) is 2. The Hall–Kier alpha value is -2.36. The molecule has 102 valence electrons. The van der Waals surface area contributed by atoms with E-state index in [9.17, 15) is 14.3 Å². The van der Waals surface area contributed by atoms with E-state index in [1.165, 1.54) is 24.3 Å². The topological polar surface area (TPSA) is 49.3 Å². The van der Waals surface area contributed by atoms with Crippen LogP contribution in [0.2, 0.25) is 0 Å². The number of amides is 1. The van der Waals surface area contributed by atoms with Crippen LogP contribution in [0.4, 0.5) is 4.39 Å². The first-order valence-corrected chi connectivity index (χ1v) is 6.47. The maximum atomic E-state index is 13.3. The van der Waals surface area contributed by atoms with Gasteiger partial charge in [-0.25, -0.2) is 4.39 Å². The summed E-state index contributed by atoms with van der Waals surface area (Å²) in [6.45, 7) is 0. The average Bonchev–Trinajstić information content (AvgIpc) is 3.20. The molecule has 2 aromatic carbocycles. The third-order valence-corrected chi connectivity index (χ3v) is 3.61. The molecule has 0 heterocycles. The van der Waals surface area contributed by atoms with E-state index in [1.54, 1.807) is 18.2 Å². The van der Waals surface area contributed by atoms with E-state index < -0.39 is 5.54 Å². The molecule has 0 bridgehead atoms. The number of nitrogens with one attached hydrogen (secondary N) is 1. The van der Waals surface area contributed by atoms with Crippen molar-refractivity contribution in [3.05, 3.63) is 65.5 Å². The molecule has 0 unspecified atom stereocenters. The van der Waals surface area contributed by atoms with Crippen LogP contribution < -0.4 is 5.32 Å². The van der Waals surface area contributed by atoms with Gasteiger partial charge in [0.1, 0.15) is 11.6 Å². The van der Waals surface area contributed by atoms with Crippen molar-refractivity contribution in [3.63, 3.8) is 0 Å². The van der Waals surface area contributed by atoms with Gasteiger partial charge in [-0.2, -0.15) is 0 Å². The molecule has 1 amide bonds. The monoisotopic (exact) mass is 271 g/mol. The molecule has 0 aromatic heterocycles. The summed E-state index contributed by atoms with van der Waals surface area (Å²) >= 11 is 0. The summed E-state index contributed by atoms with van der Waals surface area (Å²) in [5.74, 6) is -0.396. The molecule has 1 saturated carbocycles. The molecular formula is C16H14FNO2. The summed E-state index contributed by atoms with van der Waals surface area (Å²) in [6.07, 6.45) is 1.61. The Kier molecular flexibility index (Phi) is 2.93. The van der Waals surface area contributed by atoms with Crippen LogP contribution in [-0.4, -0.2) is 11.0 Å². The molecule has 1 aliphatic rings. The number of halogens is 1. The molecule has 0 radical (unpaired) electrons. The predicted octanol–water partition coefficient (Wildman–Crippen LogP) is 2.95. The van der Waals surface area contributed by atoms with E-state index in [-0.39, 0.29) is 17.5 Å². The summed E-state index contributed by atoms with van der Waals surface area (Å²) in [5.41, 5.74) is 0.826. The van der Waals surface area contributed by atoms with E-state index in [0.717, 1.165) is 18.4 Å². The van der Waals surface area contributed by atoms with Crippen LogP contribution >= 0.6 is 0 Å². The molecular weight excluding hydrogens is 257 g/mol. The summed E-state index contributed by atoms with van der Waals surface area (Å²) in [7, 11) is 0. The highest BCUT2D eigenvalue weighted by atomic mass is 19.1. The molecule has 3 rings (SSSR count). The fourth-order valence-corrected chi connectivity index (χ4v) is 2.30. The van der Waals surface area contributed by atoms with E-state index in [2.05, 4.69) is 5.32 Å². The van der Waals surface area contributed by atoms with Crippen LogP contribution in [0, 0.1) is 5.82 Å². The third kappa shape index (κ3) is 2.37. The molecule has 3 nitrogen and oxygen atoms in total. The van der Waals surface area contributed by atoms with E-state index in [4.69, 9.17) is 0 Å². The van der Waals surface area contributed by atoms with Crippen molar-refractivity contribution in [2.45, 2.75) is 18.4 Å². The smallest absolute Gasteiger partial charge is 0.251 e. The van der Waals surface area contributed by atoms with Crippen molar-refractivity contribution in [1.82, 2.24) is 5.32 Å². The van der Waals surface area contributed by atoms with Crippen LogP contribution in [0.15, 0.2) is 48.5 Å². The highest BCUT2D eigenvalue weighted by molar-refractivity contribution is 5.95. The molecule has 4 heteroatoms. The van der Waals surface area contributed by atoms with Crippen molar-refractivity contribution in [2.75, 3.05) is 0 Å². The number of hydrogen-bond donors (Lipinski definition) is 2. The normalized spacial score (nSPS) is 15.7. The summed E-state index contributed by atoms with van der Waals surface area (Å²) in [5, 5.41) is 12.2. The van der Waals surface area contributed by atoms with Crippen LogP contribution in [0.3, 0.4) is 0 Å². The molecule has 0 atom stereocenters. The first-order valence-electron chi connectivity index (χ1n) is 6.47. The molecule has 1 fully saturated rings. The Morgan fingerprint density at radius 2 is 1.85 bits per heavy atom. The lowest BCUT2D eigenvalue weighted by Gasteiger charge is -2.18. The lowest BCUT2D eigenvalue weighted by molar-refractivity contribution is 0.0930. The van der Waals surface area contributed by atoms with Gasteiger partial charge in [0.25, 0.3) is 5.91 Å². The quantitative estimate of drug-likeness (QED) is 0.901. The Labute approximate surface area is 116 Å². The van der Waals surface area contributed by atoms with Gasteiger partial charge >= 0.3 is 0 Å². The number of rotatable bonds is 3. The largest absolute Gasteiger partial charge is 0.508 e. The van der Waals surface area contributed by atoms with Gasteiger partial charge in [0.2, 0.25) is 0 Å². The van der Waals surface area contributed by atoms with Gasteiger partial charge in [-0.1, -0.05) is 12.1 Å². The SMILES string of the molecule is O=C(NC1(c2cccc(F)c2)CC1)c1ccc(O)cc1. The highest BCUT2D eigenvalue weighted by Gasteiger charge is 2.45.